The zero-order valence-corrected chi connectivity index (χ0v) is 9.46. The number of thioether (sulfide) groups is 1. The van der Waals surface area contributed by atoms with Crippen molar-refractivity contribution in [2.24, 2.45) is 7.05 Å². The summed E-state index contributed by atoms with van der Waals surface area (Å²) in [6, 6.07) is 1.70. The summed E-state index contributed by atoms with van der Waals surface area (Å²) in [6.45, 7) is 0. The van der Waals surface area contributed by atoms with Gasteiger partial charge >= 0.3 is 5.97 Å². The van der Waals surface area contributed by atoms with Gasteiger partial charge in [0, 0.05) is 12.3 Å². The third-order valence-electron chi connectivity index (χ3n) is 2.63. The molecule has 1 unspecified atom stereocenters. The molecule has 1 aromatic heterocycles. The van der Waals surface area contributed by atoms with Crippen LogP contribution in [0.5, 0.6) is 0 Å². The average molecular weight is 226 g/mol. The Morgan fingerprint density at radius 1 is 1.67 bits per heavy atom. The molecule has 0 saturated carbocycles. The van der Waals surface area contributed by atoms with Crippen LogP contribution in [0.2, 0.25) is 0 Å². The van der Waals surface area contributed by atoms with Gasteiger partial charge in [-0.15, -0.1) is 0 Å². The maximum Gasteiger partial charge on any atom is 0.354 e. The van der Waals surface area contributed by atoms with Crippen molar-refractivity contribution in [3.63, 3.8) is 0 Å². The standard InChI is InChI=1S/C10H14N2O2S/c1-12-8(10(13)14)6-7(11-12)9-4-2-3-5-15-9/h6,9H,2-5H2,1H3,(H,13,14). The highest BCUT2D eigenvalue weighted by molar-refractivity contribution is 7.99. The molecule has 5 heteroatoms. The lowest BCUT2D eigenvalue weighted by atomic mass is 10.1. The Morgan fingerprint density at radius 2 is 2.47 bits per heavy atom. The van der Waals surface area contributed by atoms with E-state index in [4.69, 9.17) is 5.11 Å². The molecule has 1 aliphatic heterocycles. The minimum absolute atomic E-state index is 0.274. The van der Waals surface area contributed by atoms with Crippen LogP contribution in [-0.2, 0) is 7.05 Å². The molecule has 0 spiro atoms. The third kappa shape index (κ3) is 2.17. The van der Waals surface area contributed by atoms with Gasteiger partial charge in [0.05, 0.1) is 5.69 Å². The summed E-state index contributed by atoms with van der Waals surface area (Å²) < 4.78 is 1.45. The van der Waals surface area contributed by atoms with Crippen molar-refractivity contribution in [1.82, 2.24) is 9.78 Å². The Morgan fingerprint density at radius 3 is 3.00 bits per heavy atom. The van der Waals surface area contributed by atoms with Crippen LogP contribution >= 0.6 is 11.8 Å². The van der Waals surface area contributed by atoms with E-state index in [1.54, 1.807) is 13.1 Å². The minimum Gasteiger partial charge on any atom is -0.477 e. The highest BCUT2D eigenvalue weighted by Crippen LogP contribution is 2.37. The number of carbonyl (C=O) groups is 1. The number of rotatable bonds is 2. The van der Waals surface area contributed by atoms with Crippen molar-refractivity contribution in [3.05, 3.63) is 17.5 Å². The van der Waals surface area contributed by atoms with Crippen LogP contribution in [0.1, 0.15) is 40.7 Å². The molecule has 2 rings (SSSR count). The van der Waals surface area contributed by atoms with E-state index in [2.05, 4.69) is 5.10 Å². The molecule has 82 valence electrons. The second kappa shape index (κ2) is 4.26. The number of aryl methyl sites for hydroxylation is 1. The smallest absolute Gasteiger partial charge is 0.354 e. The van der Waals surface area contributed by atoms with Gasteiger partial charge < -0.3 is 5.11 Å². The molecule has 1 aromatic rings. The first kappa shape index (κ1) is 10.5. The first-order valence-corrected chi connectivity index (χ1v) is 6.12. The maximum atomic E-state index is 10.9. The molecular weight excluding hydrogens is 212 g/mol. The lowest BCUT2D eigenvalue weighted by Crippen LogP contribution is -2.05. The summed E-state index contributed by atoms with van der Waals surface area (Å²) >= 11 is 1.88. The maximum absolute atomic E-state index is 10.9. The Bertz CT molecular complexity index is 369. The van der Waals surface area contributed by atoms with E-state index < -0.39 is 5.97 Å². The molecule has 4 nitrogen and oxygen atoms in total. The fourth-order valence-electron chi connectivity index (χ4n) is 1.82. The molecule has 0 aromatic carbocycles. The monoisotopic (exact) mass is 226 g/mol. The van der Waals surface area contributed by atoms with Crippen molar-refractivity contribution < 1.29 is 9.90 Å². The van der Waals surface area contributed by atoms with Gasteiger partial charge in [-0.1, -0.05) is 6.42 Å². The predicted octanol–water partition coefficient (Wildman–Crippen LogP) is 2.08. The number of carboxylic acid groups (broad SMARTS) is 1. The van der Waals surface area contributed by atoms with Gasteiger partial charge in [-0.2, -0.15) is 16.9 Å². The quantitative estimate of drug-likeness (QED) is 0.838. The van der Waals surface area contributed by atoms with Gasteiger partial charge in [0.15, 0.2) is 0 Å². The highest BCUT2D eigenvalue weighted by atomic mass is 32.2. The number of aromatic nitrogens is 2. The molecule has 0 radical (unpaired) electrons. The molecule has 1 fully saturated rings. The fourth-order valence-corrected chi connectivity index (χ4v) is 3.10. The summed E-state index contributed by atoms with van der Waals surface area (Å²) in [5.74, 6) is 0.251. The van der Waals surface area contributed by atoms with Gasteiger partial charge in [0.2, 0.25) is 0 Å². The number of aromatic carboxylic acids is 1. The summed E-state index contributed by atoms with van der Waals surface area (Å²) in [5, 5.41) is 13.6. The van der Waals surface area contributed by atoms with E-state index in [0.717, 1.165) is 17.9 Å². The van der Waals surface area contributed by atoms with Crippen LogP contribution in [0, 0.1) is 0 Å². The fraction of sp³-hybridized carbons (Fsp3) is 0.600. The predicted molar refractivity (Wildman–Crippen MR) is 59.2 cm³/mol. The van der Waals surface area contributed by atoms with Crippen LogP contribution in [-0.4, -0.2) is 26.6 Å². The zero-order valence-electron chi connectivity index (χ0n) is 8.64. The van der Waals surface area contributed by atoms with E-state index in [-0.39, 0.29) is 5.69 Å². The second-order valence-corrected chi connectivity index (χ2v) is 5.05. The van der Waals surface area contributed by atoms with Gasteiger partial charge in [-0.3, -0.25) is 4.68 Å². The highest BCUT2D eigenvalue weighted by Gasteiger charge is 2.21. The normalized spacial score (nSPS) is 21.5. The van der Waals surface area contributed by atoms with E-state index in [1.807, 2.05) is 11.8 Å². The van der Waals surface area contributed by atoms with Crippen LogP contribution < -0.4 is 0 Å². The zero-order chi connectivity index (χ0) is 10.8. The van der Waals surface area contributed by atoms with Crippen molar-refractivity contribution in [1.29, 1.82) is 0 Å². The Labute approximate surface area is 92.7 Å². The molecule has 1 atom stereocenters. The van der Waals surface area contributed by atoms with Gasteiger partial charge in [-0.05, 0) is 24.7 Å². The summed E-state index contributed by atoms with van der Waals surface area (Å²) in [7, 11) is 1.68. The molecule has 1 saturated heterocycles. The molecule has 15 heavy (non-hydrogen) atoms. The molecule has 0 aliphatic carbocycles. The van der Waals surface area contributed by atoms with Crippen LogP contribution in [0.25, 0.3) is 0 Å². The summed E-state index contributed by atoms with van der Waals surface area (Å²) in [6.07, 6.45) is 3.59. The number of hydrogen-bond acceptors (Lipinski definition) is 3. The third-order valence-corrected chi connectivity index (χ3v) is 4.03. The van der Waals surface area contributed by atoms with Crippen molar-refractivity contribution in [2.75, 3.05) is 5.75 Å². The SMILES string of the molecule is Cn1nc(C2CCCCS2)cc1C(=O)O. The first-order chi connectivity index (χ1) is 7.18. The number of nitrogens with zero attached hydrogens (tertiary/aromatic N) is 2. The average Bonchev–Trinajstić information content (AvgIpc) is 2.62. The van der Waals surface area contributed by atoms with E-state index in [1.165, 1.54) is 17.5 Å². The van der Waals surface area contributed by atoms with Crippen molar-refractivity contribution in [2.45, 2.75) is 24.5 Å². The van der Waals surface area contributed by atoms with Crippen LogP contribution in [0.3, 0.4) is 0 Å². The van der Waals surface area contributed by atoms with Crippen molar-refractivity contribution in [3.8, 4) is 0 Å². The molecule has 1 N–H and O–H groups in total. The van der Waals surface area contributed by atoms with Crippen molar-refractivity contribution >= 4 is 17.7 Å². The van der Waals surface area contributed by atoms with E-state index in [0.29, 0.717) is 5.25 Å². The van der Waals surface area contributed by atoms with Gasteiger partial charge in [0.1, 0.15) is 5.69 Å². The lowest BCUT2D eigenvalue weighted by Gasteiger charge is -2.18. The Kier molecular flexibility index (Phi) is 3.00. The number of hydrogen-bond donors (Lipinski definition) is 1. The molecule has 0 amide bonds. The van der Waals surface area contributed by atoms with Crippen LogP contribution in [0.4, 0.5) is 0 Å². The lowest BCUT2D eigenvalue weighted by molar-refractivity contribution is 0.0685. The minimum atomic E-state index is -0.906. The molecule has 1 aliphatic rings. The molecular formula is C10H14N2O2S. The van der Waals surface area contributed by atoms with E-state index in [9.17, 15) is 4.79 Å². The van der Waals surface area contributed by atoms with Crippen LogP contribution in [0.15, 0.2) is 6.07 Å². The molecule has 2 heterocycles. The first-order valence-electron chi connectivity index (χ1n) is 5.07. The number of carboxylic acids is 1. The van der Waals surface area contributed by atoms with E-state index >= 15 is 0 Å². The second-order valence-electron chi connectivity index (χ2n) is 3.74. The topological polar surface area (TPSA) is 55.1 Å². The van der Waals surface area contributed by atoms with Gasteiger partial charge in [-0.25, -0.2) is 4.79 Å². The van der Waals surface area contributed by atoms with Gasteiger partial charge in [0.25, 0.3) is 0 Å². The Hall–Kier alpha value is -0.970. The Balaban J connectivity index is 2.21. The molecule has 0 bridgehead atoms. The summed E-state index contributed by atoms with van der Waals surface area (Å²) in [5.41, 5.74) is 1.19. The largest absolute Gasteiger partial charge is 0.477 e. The summed E-state index contributed by atoms with van der Waals surface area (Å²) in [4.78, 5) is 10.9.